The molecule has 1 aromatic heterocycles. The van der Waals surface area contributed by atoms with E-state index in [4.69, 9.17) is 10.5 Å². The number of hydrogen-bond acceptors (Lipinski definition) is 2. The van der Waals surface area contributed by atoms with Gasteiger partial charge in [0.05, 0.1) is 5.56 Å². The molecular formula is C7H5N3. The van der Waals surface area contributed by atoms with Crippen LogP contribution in [0, 0.1) is 22.7 Å². The van der Waals surface area contributed by atoms with Crippen LogP contribution in [0.3, 0.4) is 0 Å². The number of rotatable bonds is 0. The summed E-state index contributed by atoms with van der Waals surface area (Å²) < 4.78 is 1.62. The van der Waals surface area contributed by atoms with E-state index in [-0.39, 0.29) is 0 Å². The highest BCUT2D eigenvalue weighted by Crippen LogP contribution is 2.05. The van der Waals surface area contributed by atoms with Crippen LogP contribution in [0.25, 0.3) is 0 Å². The summed E-state index contributed by atoms with van der Waals surface area (Å²) in [5.41, 5.74) is 0.854. The Morgan fingerprint density at radius 3 is 2.50 bits per heavy atom. The lowest BCUT2D eigenvalue weighted by molar-refractivity contribution is 0.906. The molecule has 0 radical (unpaired) electrons. The predicted molar refractivity (Wildman–Crippen MR) is 34.8 cm³/mol. The van der Waals surface area contributed by atoms with Crippen LogP contribution in [0.2, 0.25) is 0 Å². The molecule has 1 rings (SSSR count). The average Bonchev–Trinajstić information content (AvgIpc) is 2.30. The smallest absolute Gasteiger partial charge is 0.137 e. The summed E-state index contributed by atoms with van der Waals surface area (Å²) in [6.45, 7) is 0. The minimum atomic E-state index is 0.419. The normalized spacial score (nSPS) is 8.30. The van der Waals surface area contributed by atoms with Crippen molar-refractivity contribution in [2.45, 2.75) is 0 Å². The molecule has 0 fully saturated rings. The first-order valence-electron chi connectivity index (χ1n) is 2.75. The van der Waals surface area contributed by atoms with E-state index in [0.29, 0.717) is 11.3 Å². The Morgan fingerprint density at radius 1 is 1.40 bits per heavy atom. The molecule has 0 saturated carbocycles. The third-order valence-corrected chi connectivity index (χ3v) is 1.30. The van der Waals surface area contributed by atoms with Crippen LogP contribution < -0.4 is 0 Å². The van der Waals surface area contributed by atoms with Crippen LogP contribution in [-0.2, 0) is 7.05 Å². The molecule has 48 valence electrons. The number of aryl methyl sites for hydroxylation is 1. The van der Waals surface area contributed by atoms with E-state index >= 15 is 0 Å². The Hall–Kier alpha value is -1.74. The van der Waals surface area contributed by atoms with Gasteiger partial charge in [-0.25, -0.2) is 0 Å². The summed E-state index contributed by atoms with van der Waals surface area (Å²) in [4.78, 5) is 0. The van der Waals surface area contributed by atoms with Crippen molar-refractivity contribution in [3.8, 4) is 12.1 Å². The monoisotopic (exact) mass is 131 g/mol. The molecule has 0 amide bonds. The largest absolute Gasteiger partial charge is 0.341 e. The Bertz CT molecular complexity index is 322. The molecule has 0 N–H and O–H groups in total. The zero-order chi connectivity index (χ0) is 7.56. The van der Waals surface area contributed by atoms with Crippen molar-refractivity contribution >= 4 is 0 Å². The molecule has 0 unspecified atom stereocenters. The van der Waals surface area contributed by atoms with Gasteiger partial charge in [0.2, 0.25) is 0 Å². The Morgan fingerprint density at radius 2 is 2.10 bits per heavy atom. The van der Waals surface area contributed by atoms with Crippen LogP contribution in [-0.4, -0.2) is 4.57 Å². The Labute approximate surface area is 58.7 Å². The van der Waals surface area contributed by atoms with Gasteiger partial charge in [-0.3, -0.25) is 0 Å². The SMILES string of the molecule is Cn1ccc(C#N)c1C#N. The summed E-state index contributed by atoms with van der Waals surface area (Å²) in [7, 11) is 1.74. The molecule has 10 heavy (non-hydrogen) atoms. The fraction of sp³-hybridized carbons (Fsp3) is 0.143. The third kappa shape index (κ3) is 0.744. The lowest BCUT2D eigenvalue weighted by Crippen LogP contribution is -1.89. The molecule has 0 spiro atoms. The highest BCUT2D eigenvalue weighted by Gasteiger charge is 2.02. The molecule has 3 heteroatoms. The summed E-state index contributed by atoms with van der Waals surface area (Å²) in [5.74, 6) is 0. The molecule has 0 atom stereocenters. The molecule has 3 nitrogen and oxygen atoms in total. The predicted octanol–water partition coefficient (Wildman–Crippen LogP) is 0.768. The van der Waals surface area contributed by atoms with Crippen molar-refractivity contribution in [3.63, 3.8) is 0 Å². The van der Waals surface area contributed by atoms with E-state index in [1.54, 1.807) is 23.9 Å². The lowest BCUT2D eigenvalue weighted by Gasteiger charge is -1.89. The van der Waals surface area contributed by atoms with Crippen LogP contribution in [0.1, 0.15) is 11.3 Å². The summed E-state index contributed by atoms with van der Waals surface area (Å²) in [6.07, 6.45) is 1.69. The first-order valence-corrected chi connectivity index (χ1v) is 2.75. The maximum absolute atomic E-state index is 8.50. The molecule has 0 bridgehead atoms. The number of nitrogens with zero attached hydrogens (tertiary/aromatic N) is 3. The second-order valence-corrected chi connectivity index (χ2v) is 1.91. The standard InChI is InChI=1S/C7H5N3/c1-10-3-2-6(4-8)7(10)5-9/h2-3H,1H3. The summed E-state index contributed by atoms with van der Waals surface area (Å²) >= 11 is 0. The summed E-state index contributed by atoms with van der Waals surface area (Å²) in [6, 6.07) is 5.48. The van der Waals surface area contributed by atoms with Crippen LogP contribution in [0.15, 0.2) is 12.3 Å². The van der Waals surface area contributed by atoms with Crippen molar-refractivity contribution in [2.24, 2.45) is 7.05 Å². The van der Waals surface area contributed by atoms with Crippen molar-refractivity contribution in [1.82, 2.24) is 4.57 Å². The van der Waals surface area contributed by atoms with Gasteiger partial charge in [-0.1, -0.05) is 0 Å². The van der Waals surface area contributed by atoms with Gasteiger partial charge in [-0.2, -0.15) is 10.5 Å². The zero-order valence-corrected chi connectivity index (χ0v) is 5.50. The van der Waals surface area contributed by atoms with Crippen LogP contribution >= 0.6 is 0 Å². The minimum absolute atomic E-state index is 0.419. The lowest BCUT2D eigenvalue weighted by atomic mass is 10.3. The topological polar surface area (TPSA) is 52.5 Å². The fourth-order valence-corrected chi connectivity index (χ4v) is 0.759. The first-order chi connectivity index (χ1) is 4.79. The van der Waals surface area contributed by atoms with E-state index in [0.717, 1.165) is 0 Å². The Kier molecular flexibility index (Phi) is 1.43. The van der Waals surface area contributed by atoms with Gasteiger partial charge in [0, 0.05) is 13.2 Å². The molecule has 1 heterocycles. The maximum atomic E-state index is 8.50. The van der Waals surface area contributed by atoms with Crippen molar-refractivity contribution < 1.29 is 0 Å². The summed E-state index contributed by atoms with van der Waals surface area (Å²) in [5, 5.41) is 16.9. The highest BCUT2D eigenvalue weighted by molar-refractivity contribution is 5.41. The van der Waals surface area contributed by atoms with E-state index < -0.39 is 0 Å². The molecule has 0 aromatic carbocycles. The highest BCUT2D eigenvalue weighted by atomic mass is 14.9. The minimum Gasteiger partial charge on any atom is -0.341 e. The van der Waals surface area contributed by atoms with E-state index in [2.05, 4.69) is 0 Å². The Balaban J connectivity index is 3.34. The van der Waals surface area contributed by atoms with Gasteiger partial charge in [0.1, 0.15) is 17.8 Å². The van der Waals surface area contributed by atoms with Crippen LogP contribution in [0.4, 0.5) is 0 Å². The van der Waals surface area contributed by atoms with Gasteiger partial charge in [-0.15, -0.1) is 0 Å². The zero-order valence-electron chi connectivity index (χ0n) is 5.50. The van der Waals surface area contributed by atoms with Crippen molar-refractivity contribution in [3.05, 3.63) is 23.5 Å². The van der Waals surface area contributed by atoms with Gasteiger partial charge >= 0.3 is 0 Å². The molecular weight excluding hydrogens is 126 g/mol. The van der Waals surface area contributed by atoms with E-state index in [1.165, 1.54) is 0 Å². The van der Waals surface area contributed by atoms with E-state index in [1.807, 2.05) is 12.1 Å². The van der Waals surface area contributed by atoms with Crippen LogP contribution in [0.5, 0.6) is 0 Å². The molecule has 0 aliphatic rings. The number of aromatic nitrogens is 1. The van der Waals surface area contributed by atoms with E-state index in [9.17, 15) is 0 Å². The van der Waals surface area contributed by atoms with Gasteiger partial charge in [0.25, 0.3) is 0 Å². The fourth-order valence-electron chi connectivity index (χ4n) is 0.759. The van der Waals surface area contributed by atoms with Gasteiger partial charge < -0.3 is 4.57 Å². The maximum Gasteiger partial charge on any atom is 0.137 e. The molecule has 0 aliphatic heterocycles. The van der Waals surface area contributed by atoms with Crippen molar-refractivity contribution in [2.75, 3.05) is 0 Å². The van der Waals surface area contributed by atoms with Crippen molar-refractivity contribution in [1.29, 1.82) is 10.5 Å². The number of nitriles is 2. The average molecular weight is 131 g/mol. The molecule has 1 aromatic rings. The number of hydrogen-bond donors (Lipinski definition) is 0. The first kappa shape index (κ1) is 6.38. The van der Waals surface area contributed by atoms with Gasteiger partial charge in [0.15, 0.2) is 0 Å². The third-order valence-electron chi connectivity index (χ3n) is 1.30. The molecule has 0 aliphatic carbocycles. The quantitative estimate of drug-likeness (QED) is 0.522. The van der Waals surface area contributed by atoms with Gasteiger partial charge in [-0.05, 0) is 6.07 Å². The molecule has 0 saturated heterocycles. The second-order valence-electron chi connectivity index (χ2n) is 1.91. The second kappa shape index (κ2) is 2.24.